The average molecular weight is 252 g/mol. The number of hydrogen-bond donors (Lipinski definition) is 1. The molecule has 1 aromatic rings. The maximum absolute atomic E-state index is 13.3. The van der Waals surface area contributed by atoms with E-state index in [1.54, 1.807) is 6.92 Å². The van der Waals surface area contributed by atoms with Crippen molar-refractivity contribution in [2.45, 2.75) is 25.9 Å². The standard InChI is InChI=1S/C13H17FN2O2/c1-8(13(17)18-2)16-4-3-11-9(7-16)5-10(14)6-12(11)15/h5-6,8H,3-4,7,15H2,1-2H3. The lowest BCUT2D eigenvalue weighted by molar-refractivity contribution is -0.146. The number of nitrogen functional groups attached to an aromatic ring is 1. The molecule has 1 aliphatic rings. The molecular formula is C13H17FN2O2. The van der Waals surface area contributed by atoms with Crippen molar-refractivity contribution in [3.05, 3.63) is 29.1 Å². The van der Waals surface area contributed by atoms with E-state index in [1.165, 1.54) is 19.2 Å². The number of methoxy groups -OCH3 is 1. The normalized spacial score (nSPS) is 17.1. The number of anilines is 1. The van der Waals surface area contributed by atoms with Crippen LogP contribution in [-0.4, -0.2) is 30.6 Å². The first-order chi connectivity index (χ1) is 8.52. The van der Waals surface area contributed by atoms with Gasteiger partial charge in [0.15, 0.2) is 0 Å². The minimum Gasteiger partial charge on any atom is -0.468 e. The van der Waals surface area contributed by atoms with E-state index in [-0.39, 0.29) is 17.8 Å². The minimum atomic E-state index is -0.334. The molecule has 1 heterocycles. The highest BCUT2D eigenvalue weighted by atomic mass is 19.1. The maximum Gasteiger partial charge on any atom is 0.322 e. The third-order valence-corrected chi connectivity index (χ3v) is 3.45. The molecule has 0 aliphatic carbocycles. The molecular weight excluding hydrogens is 235 g/mol. The number of rotatable bonds is 2. The van der Waals surface area contributed by atoms with Gasteiger partial charge in [0.1, 0.15) is 11.9 Å². The Bertz CT molecular complexity index is 476. The molecule has 0 radical (unpaired) electrons. The van der Waals surface area contributed by atoms with Crippen LogP contribution < -0.4 is 5.73 Å². The number of ether oxygens (including phenoxy) is 1. The summed E-state index contributed by atoms with van der Waals surface area (Å²) in [7, 11) is 1.37. The molecule has 2 N–H and O–H groups in total. The zero-order valence-electron chi connectivity index (χ0n) is 10.6. The Morgan fingerprint density at radius 3 is 2.94 bits per heavy atom. The number of halogens is 1. The van der Waals surface area contributed by atoms with Crippen molar-refractivity contribution in [3.8, 4) is 0 Å². The van der Waals surface area contributed by atoms with Gasteiger partial charge in [-0.05, 0) is 36.6 Å². The molecule has 0 spiro atoms. The van der Waals surface area contributed by atoms with Gasteiger partial charge in [-0.25, -0.2) is 4.39 Å². The van der Waals surface area contributed by atoms with Crippen LogP contribution in [0.1, 0.15) is 18.1 Å². The first kappa shape index (κ1) is 12.8. The summed E-state index contributed by atoms with van der Waals surface area (Å²) in [6.45, 7) is 3.03. The predicted octanol–water partition coefficient (Wildman–Crippen LogP) is 1.33. The molecule has 2 rings (SSSR count). The number of benzene rings is 1. The average Bonchev–Trinajstić information content (AvgIpc) is 2.36. The van der Waals surface area contributed by atoms with Crippen molar-refractivity contribution < 1.29 is 13.9 Å². The largest absolute Gasteiger partial charge is 0.468 e. The summed E-state index contributed by atoms with van der Waals surface area (Å²) >= 11 is 0. The molecule has 18 heavy (non-hydrogen) atoms. The van der Waals surface area contributed by atoms with E-state index in [9.17, 15) is 9.18 Å². The fourth-order valence-corrected chi connectivity index (χ4v) is 2.37. The molecule has 1 aromatic carbocycles. The van der Waals surface area contributed by atoms with E-state index >= 15 is 0 Å². The van der Waals surface area contributed by atoms with Gasteiger partial charge >= 0.3 is 5.97 Å². The van der Waals surface area contributed by atoms with Crippen LogP contribution in [0.3, 0.4) is 0 Å². The summed E-state index contributed by atoms with van der Waals surface area (Å²) in [5.41, 5.74) is 8.14. The van der Waals surface area contributed by atoms with Gasteiger partial charge < -0.3 is 10.5 Å². The van der Waals surface area contributed by atoms with Crippen molar-refractivity contribution in [2.24, 2.45) is 0 Å². The first-order valence-electron chi connectivity index (χ1n) is 5.91. The zero-order valence-corrected chi connectivity index (χ0v) is 10.6. The van der Waals surface area contributed by atoms with Gasteiger partial charge in [0.2, 0.25) is 0 Å². The van der Waals surface area contributed by atoms with E-state index in [0.29, 0.717) is 12.2 Å². The molecule has 5 heteroatoms. The summed E-state index contributed by atoms with van der Waals surface area (Å²) in [5, 5.41) is 0. The van der Waals surface area contributed by atoms with Crippen molar-refractivity contribution in [1.82, 2.24) is 4.90 Å². The second kappa shape index (κ2) is 4.94. The van der Waals surface area contributed by atoms with E-state index in [2.05, 4.69) is 0 Å². The molecule has 0 saturated heterocycles. The third kappa shape index (κ3) is 2.31. The molecule has 0 fully saturated rings. The van der Waals surface area contributed by atoms with Gasteiger partial charge in [-0.1, -0.05) is 0 Å². The molecule has 4 nitrogen and oxygen atoms in total. The van der Waals surface area contributed by atoms with Crippen molar-refractivity contribution >= 4 is 11.7 Å². The topological polar surface area (TPSA) is 55.6 Å². The lowest BCUT2D eigenvalue weighted by atomic mass is 9.97. The summed E-state index contributed by atoms with van der Waals surface area (Å²) in [6.07, 6.45) is 0.725. The van der Waals surface area contributed by atoms with Crippen LogP contribution in [0, 0.1) is 5.82 Å². The Balaban J connectivity index is 2.22. The van der Waals surface area contributed by atoms with Crippen LogP contribution in [0.15, 0.2) is 12.1 Å². The Morgan fingerprint density at radius 2 is 2.28 bits per heavy atom. The number of carbonyl (C=O) groups is 1. The summed E-state index contributed by atoms with van der Waals surface area (Å²) in [5.74, 6) is -0.610. The molecule has 98 valence electrons. The van der Waals surface area contributed by atoms with Crippen LogP contribution in [0.5, 0.6) is 0 Å². The monoisotopic (exact) mass is 252 g/mol. The van der Waals surface area contributed by atoms with Gasteiger partial charge in [-0.2, -0.15) is 0 Å². The lowest BCUT2D eigenvalue weighted by Crippen LogP contribution is -2.42. The number of carbonyl (C=O) groups excluding carboxylic acids is 1. The van der Waals surface area contributed by atoms with Gasteiger partial charge in [0.05, 0.1) is 7.11 Å². The fourth-order valence-electron chi connectivity index (χ4n) is 2.37. The van der Waals surface area contributed by atoms with Gasteiger partial charge in [0, 0.05) is 18.8 Å². The van der Waals surface area contributed by atoms with Crippen LogP contribution in [0.2, 0.25) is 0 Å². The minimum absolute atomic E-state index is 0.275. The number of fused-ring (bicyclic) bond motifs is 1. The molecule has 1 aliphatic heterocycles. The highest BCUT2D eigenvalue weighted by Gasteiger charge is 2.27. The number of esters is 1. The quantitative estimate of drug-likeness (QED) is 0.637. The van der Waals surface area contributed by atoms with Crippen molar-refractivity contribution in [3.63, 3.8) is 0 Å². The molecule has 1 unspecified atom stereocenters. The molecule has 0 bridgehead atoms. The second-order valence-corrected chi connectivity index (χ2v) is 4.55. The molecule has 0 saturated carbocycles. The second-order valence-electron chi connectivity index (χ2n) is 4.55. The maximum atomic E-state index is 13.3. The molecule has 0 aromatic heterocycles. The van der Waals surface area contributed by atoms with E-state index in [0.717, 1.165) is 24.1 Å². The van der Waals surface area contributed by atoms with Crippen molar-refractivity contribution in [1.29, 1.82) is 0 Å². The predicted molar refractivity (Wildman–Crippen MR) is 66.4 cm³/mol. The van der Waals surface area contributed by atoms with Crippen LogP contribution >= 0.6 is 0 Å². The Morgan fingerprint density at radius 1 is 1.56 bits per heavy atom. The number of nitrogens with zero attached hydrogens (tertiary/aromatic N) is 1. The summed E-state index contributed by atoms with van der Waals surface area (Å²) < 4.78 is 18.0. The lowest BCUT2D eigenvalue weighted by Gasteiger charge is -2.32. The Kier molecular flexibility index (Phi) is 3.52. The highest BCUT2D eigenvalue weighted by Crippen LogP contribution is 2.26. The first-order valence-corrected chi connectivity index (χ1v) is 5.91. The van der Waals surface area contributed by atoms with Crippen LogP contribution in [0.4, 0.5) is 10.1 Å². The van der Waals surface area contributed by atoms with Crippen molar-refractivity contribution in [2.75, 3.05) is 19.4 Å². The smallest absolute Gasteiger partial charge is 0.322 e. The van der Waals surface area contributed by atoms with Gasteiger partial charge in [0.25, 0.3) is 0 Å². The molecule has 0 amide bonds. The number of hydrogen-bond acceptors (Lipinski definition) is 4. The van der Waals surface area contributed by atoms with Crippen LogP contribution in [0.25, 0.3) is 0 Å². The third-order valence-electron chi connectivity index (χ3n) is 3.45. The van der Waals surface area contributed by atoms with E-state index < -0.39 is 0 Å². The summed E-state index contributed by atoms with van der Waals surface area (Å²) in [6, 6.07) is 2.51. The van der Waals surface area contributed by atoms with E-state index in [4.69, 9.17) is 10.5 Å². The highest BCUT2D eigenvalue weighted by molar-refractivity contribution is 5.75. The number of nitrogens with two attached hydrogens (primary N) is 1. The molecule has 1 atom stereocenters. The van der Waals surface area contributed by atoms with Gasteiger partial charge in [-0.15, -0.1) is 0 Å². The Hall–Kier alpha value is -1.62. The zero-order chi connectivity index (χ0) is 13.3. The van der Waals surface area contributed by atoms with Gasteiger partial charge in [-0.3, -0.25) is 9.69 Å². The van der Waals surface area contributed by atoms with Crippen LogP contribution in [-0.2, 0) is 22.5 Å². The fraction of sp³-hybridized carbons (Fsp3) is 0.462. The Labute approximate surface area is 106 Å². The van der Waals surface area contributed by atoms with E-state index in [1.807, 2.05) is 4.90 Å². The summed E-state index contributed by atoms with van der Waals surface area (Å²) in [4.78, 5) is 13.5. The SMILES string of the molecule is COC(=O)C(C)N1CCc2c(N)cc(F)cc2C1.